The van der Waals surface area contributed by atoms with Crippen molar-refractivity contribution in [3.63, 3.8) is 0 Å². The Kier molecular flexibility index (Phi) is 5.57. The fourth-order valence-electron chi connectivity index (χ4n) is 0.664. The van der Waals surface area contributed by atoms with Crippen molar-refractivity contribution in [2.24, 2.45) is 5.73 Å². The van der Waals surface area contributed by atoms with Crippen molar-refractivity contribution in [1.29, 1.82) is 0 Å². The lowest BCUT2D eigenvalue weighted by Crippen LogP contribution is -2.42. The van der Waals surface area contributed by atoms with Crippen molar-refractivity contribution in [2.75, 3.05) is 0 Å². The second kappa shape index (κ2) is 6.16. The summed E-state index contributed by atoms with van der Waals surface area (Å²) >= 11 is 0. The number of rotatable bonds is 5. The van der Waals surface area contributed by atoms with Crippen LogP contribution < -0.4 is 5.73 Å². The van der Waals surface area contributed by atoms with Gasteiger partial charge in [0.1, 0.15) is 6.04 Å². The number of aliphatic hydroxyl groups is 2. The summed E-state index contributed by atoms with van der Waals surface area (Å²) in [7, 11) is 0. The van der Waals surface area contributed by atoms with Crippen LogP contribution in [0.4, 0.5) is 0 Å². The van der Waals surface area contributed by atoms with Crippen LogP contribution in [0.5, 0.6) is 0 Å². The van der Waals surface area contributed by atoms with Crippen LogP contribution in [0.15, 0.2) is 0 Å². The average Bonchev–Trinajstić information content (AvgIpc) is 2.15. The predicted molar refractivity (Wildman–Crippen MR) is 49.0 cm³/mol. The largest absolute Gasteiger partial charge is 0.479 e. The molecule has 8 nitrogen and oxygen atoms in total. The highest BCUT2D eigenvalue weighted by molar-refractivity contribution is 5.90. The van der Waals surface area contributed by atoms with Gasteiger partial charge in [-0.3, -0.25) is 4.79 Å². The molecule has 0 bridgehead atoms. The summed E-state index contributed by atoms with van der Waals surface area (Å²) in [6, 6.07) is -1.40. The van der Waals surface area contributed by atoms with E-state index in [-0.39, 0.29) is 0 Å². The first-order valence-electron chi connectivity index (χ1n) is 4.34. The molecule has 0 aromatic carbocycles. The van der Waals surface area contributed by atoms with Crippen LogP contribution in [0.1, 0.15) is 13.3 Å². The number of hydrogen-bond acceptors (Lipinski definition) is 7. The standard InChI is InChI=1S/C8H13NO7/c1-3(10)6(9)8(15)16-5(12)2-4(11)7(13)14/h3-4,6,10-11H,2,9H2,1H3,(H,13,14)/t3-,4?,6+/m1/s1. The number of aliphatic hydroxyl groups excluding tert-OH is 2. The highest BCUT2D eigenvalue weighted by Crippen LogP contribution is 1.98. The number of hydrogen-bond donors (Lipinski definition) is 4. The quantitative estimate of drug-likeness (QED) is 0.304. The third-order valence-electron chi connectivity index (χ3n) is 1.65. The third-order valence-corrected chi connectivity index (χ3v) is 1.65. The Hall–Kier alpha value is -1.51. The van der Waals surface area contributed by atoms with Gasteiger partial charge in [-0.25, -0.2) is 9.59 Å². The molecule has 0 aliphatic rings. The fourth-order valence-corrected chi connectivity index (χ4v) is 0.664. The Labute approximate surface area is 90.6 Å². The van der Waals surface area contributed by atoms with E-state index in [1.54, 1.807) is 0 Å². The van der Waals surface area contributed by atoms with E-state index < -0.39 is 42.6 Å². The highest BCUT2D eigenvalue weighted by atomic mass is 16.6. The Morgan fingerprint density at radius 2 is 1.81 bits per heavy atom. The van der Waals surface area contributed by atoms with E-state index in [1.165, 1.54) is 6.92 Å². The smallest absolute Gasteiger partial charge is 0.333 e. The SMILES string of the molecule is C[C@@H](O)[C@H](N)C(=O)OC(=O)CC(O)C(=O)O. The van der Waals surface area contributed by atoms with Crippen LogP contribution in [0.2, 0.25) is 0 Å². The molecule has 0 aromatic heterocycles. The summed E-state index contributed by atoms with van der Waals surface area (Å²) in [6.07, 6.45) is -4.01. The molecule has 0 aliphatic heterocycles. The van der Waals surface area contributed by atoms with Gasteiger partial charge in [0.15, 0.2) is 6.10 Å². The van der Waals surface area contributed by atoms with Crippen LogP contribution in [-0.4, -0.2) is 51.5 Å². The lowest BCUT2D eigenvalue weighted by atomic mass is 10.2. The summed E-state index contributed by atoms with van der Waals surface area (Å²) in [4.78, 5) is 32.0. The number of aliphatic carboxylic acids is 1. The maximum absolute atomic E-state index is 11.0. The van der Waals surface area contributed by atoms with E-state index in [9.17, 15) is 14.4 Å². The van der Waals surface area contributed by atoms with Gasteiger partial charge in [0.2, 0.25) is 0 Å². The van der Waals surface area contributed by atoms with Gasteiger partial charge in [-0.2, -0.15) is 0 Å². The predicted octanol–water partition coefficient (Wildman–Crippen LogP) is -2.40. The third kappa shape index (κ3) is 4.82. The minimum absolute atomic E-state index is 0.867. The van der Waals surface area contributed by atoms with Crippen LogP contribution in [0.25, 0.3) is 0 Å². The summed E-state index contributed by atoms with van der Waals surface area (Å²) < 4.78 is 4.11. The molecule has 92 valence electrons. The monoisotopic (exact) mass is 235 g/mol. The first-order valence-corrected chi connectivity index (χ1v) is 4.34. The Morgan fingerprint density at radius 1 is 1.31 bits per heavy atom. The van der Waals surface area contributed by atoms with E-state index in [2.05, 4.69) is 4.74 Å². The van der Waals surface area contributed by atoms with Gasteiger partial charge in [-0.05, 0) is 6.92 Å². The molecule has 0 fully saturated rings. The van der Waals surface area contributed by atoms with Gasteiger partial charge in [-0.1, -0.05) is 0 Å². The molecule has 16 heavy (non-hydrogen) atoms. The van der Waals surface area contributed by atoms with Crippen molar-refractivity contribution < 1.29 is 34.4 Å². The summed E-state index contributed by atoms with van der Waals surface area (Å²) in [6.45, 7) is 1.22. The number of carbonyl (C=O) groups is 3. The van der Waals surface area contributed by atoms with Crippen molar-refractivity contribution in [3.8, 4) is 0 Å². The number of carboxylic acids is 1. The van der Waals surface area contributed by atoms with Gasteiger partial charge < -0.3 is 25.8 Å². The molecule has 3 atom stereocenters. The Morgan fingerprint density at radius 3 is 2.19 bits per heavy atom. The zero-order chi connectivity index (χ0) is 12.9. The normalized spacial score (nSPS) is 16.0. The van der Waals surface area contributed by atoms with Gasteiger partial charge in [-0.15, -0.1) is 0 Å². The Bertz CT molecular complexity index is 288. The van der Waals surface area contributed by atoms with Crippen molar-refractivity contribution in [3.05, 3.63) is 0 Å². The molecule has 5 N–H and O–H groups in total. The molecule has 0 heterocycles. The van der Waals surface area contributed by atoms with E-state index in [4.69, 9.17) is 21.1 Å². The molecule has 0 aromatic rings. The molecule has 0 spiro atoms. The first-order chi connectivity index (χ1) is 7.25. The summed E-state index contributed by atoms with van der Waals surface area (Å²) in [5.41, 5.74) is 5.14. The molecule has 0 rings (SSSR count). The van der Waals surface area contributed by atoms with E-state index in [0.717, 1.165) is 0 Å². The molecule has 0 radical (unpaired) electrons. The first kappa shape index (κ1) is 14.5. The summed E-state index contributed by atoms with van der Waals surface area (Å²) in [5.74, 6) is -4.02. The van der Waals surface area contributed by atoms with Crippen molar-refractivity contribution in [2.45, 2.75) is 31.6 Å². The van der Waals surface area contributed by atoms with Crippen LogP contribution >= 0.6 is 0 Å². The maximum Gasteiger partial charge on any atom is 0.333 e. The van der Waals surface area contributed by atoms with Gasteiger partial charge in [0, 0.05) is 0 Å². The van der Waals surface area contributed by atoms with Crippen molar-refractivity contribution >= 4 is 17.9 Å². The minimum atomic E-state index is -1.94. The topological polar surface area (TPSA) is 147 Å². The maximum atomic E-state index is 11.0. The van der Waals surface area contributed by atoms with Crippen LogP contribution in [0.3, 0.4) is 0 Å². The van der Waals surface area contributed by atoms with Gasteiger partial charge in [0.25, 0.3) is 0 Å². The molecule has 1 unspecified atom stereocenters. The molecule has 0 saturated heterocycles. The Balaban J connectivity index is 4.16. The van der Waals surface area contributed by atoms with E-state index in [0.29, 0.717) is 0 Å². The van der Waals surface area contributed by atoms with E-state index >= 15 is 0 Å². The molecule has 8 heteroatoms. The van der Waals surface area contributed by atoms with Crippen molar-refractivity contribution in [1.82, 2.24) is 0 Å². The number of esters is 2. The minimum Gasteiger partial charge on any atom is -0.479 e. The van der Waals surface area contributed by atoms with E-state index in [1.807, 2.05) is 0 Å². The molecular weight excluding hydrogens is 222 g/mol. The molecule has 0 saturated carbocycles. The number of carboxylic acid groups (broad SMARTS) is 1. The van der Waals surface area contributed by atoms with Gasteiger partial charge in [0.05, 0.1) is 12.5 Å². The molecule has 0 amide bonds. The summed E-state index contributed by atoms with van der Waals surface area (Å²) in [5, 5.41) is 25.9. The fraction of sp³-hybridized carbons (Fsp3) is 0.625. The zero-order valence-corrected chi connectivity index (χ0v) is 8.49. The molecular formula is C8H13NO7. The lowest BCUT2D eigenvalue weighted by Gasteiger charge is -2.12. The molecule has 0 aliphatic carbocycles. The lowest BCUT2D eigenvalue weighted by molar-refractivity contribution is -0.166. The van der Waals surface area contributed by atoms with Gasteiger partial charge >= 0.3 is 17.9 Å². The second-order valence-electron chi connectivity index (χ2n) is 3.12. The average molecular weight is 235 g/mol. The highest BCUT2D eigenvalue weighted by Gasteiger charge is 2.25. The number of carbonyl (C=O) groups excluding carboxylic acids is 2. The number of nitrogens with two attached hydrogens (primary N) is 1. The van der Waals surface area contributed by atoms with Crippen LogP contribution in [-0.2, 0) is 19.1 Å². The van der Waals surface area contributed by atoms with Crippen LogP contribution in [0, 0.1) is 0 Å². The zero-order valence-electron chi connectivity index (χ0n) is 8.49. The number of ether oxygens (including phenoxy) is 1. The second-order valence-corrected chi connectivity index (χ2v) is 3.12.